The molecule has 1 amide bonds. The Labute approximate surface area is 118 Å². The summed E-state index contributed by atoms with van der Waals surface area (Å²) in [6, 6.07) is 7.30. The Morgan fingerprint density at radius 1 is 1.10 bits per heavy atom. The lowest BCUT2D eigenvalue weighted by Crippen LogP contribution is -2.28. The van der Waals surface area contributed by atoms with Crippen LogP contribution in [0.1, 0.15) is 18.4 Å². The minimum absolute atomic E-state index is 0.0871. The van der Waals surface area contributed by atoms with Crippen LogP contribution in [0.3, 0.4) is 0 Å². The summed E-state index contributed by atoms with van der Waals surface area (Å²) in [5.41, 5.74) is 0. The molecule has 4 heteroatoms. The van der Waals surface area contributed by atoms with E-state index in [0.29, 0.717) is 13.1 Å². The summed E-state index contributed by atoms with van der Waals surface area (Å²) < 4.78 is 10.6. The van der Waals surface area contributed by atoms with Gasteiger partial charge in [-0.15, -0.1) is 0 Å². The first-order chi connectivity index (χ1) is 9.79. The van der Waals surface area contributed by atoms with Crippen LogP contribution >= 0.6 is 0 Å². The molecule has 104 valence electrons. The van der Waals surface area contributed by atoms with E-state index in [1.54, 1.807) is 35.6 Å². The zero-order valence-corrected chi connectivity index (χ0v) is 11.4. The van der Waals surface area contributed by atoms with Gasteiger partial charge >= 0.3 is 0 Å². The molecule has 2 heterocycles. The van der Waals surface area contributed by atoms with Gasteiger partial charge < -0.3 is 13.7 Å². The Morgan fingerprint density at radius 2 is 1.70 bits per heavy atom. The van der Waals surface area contributed by atoms with Crippen LogP contribution < -0.4 is 0 Å². The molecule has 0 aliphatic heterocycles. The summed E-state index contributed by atoms with van der Waals surface area (Å²) in [5, 5.41) is 0. The van der Waals surface area contributed by atoms with Crippen LogP contribution in [0.5, 0.6) is 0 Å². The van der Waals surface area contributed by atoms with Gasteiger partial charge in [0.15, 0.2) is 0 Å². The van der Waals surface area contributed by atoms with E-state index in [1.165, 1.54) is 6.08 Å². The third-order valence-electron chi connectivity index (χ3n) is 2.71. The van der Waals surface area contributed by atoms with E-state index in [2.05, 4.69) is 0 Å². The van der Waals surface area contributed by atoms with E-state index < -0.39 is 0 Å². The zero-order chi connectivity index (χ0) is 14.2. The molecule has 0 N–H and O–H groups in total. The van der Waals surface area contributed by atoms with Gasteiger partial charge in [0.25, 0.3) is 0 Å². The Kier molecular flexibility index (Phi) is 5.00. The summed E-state index contributed by atoms with van der Waals surface area (Å²) in [5.74, 6) is 1.39. The van der Waals surface area contributed by atoms with Crippen LogP contribution in [0.15, 0.2) is 69.9 Å². The lowest BCUT2D eigenvalue weighted by molar-refractivity contribution is -0.127. The molecule has 0 bridgehead atoms. The molecule has 2 rings (SSSR count). The lowest BCUT2D eigenvalue weighted by Gasteiger charge is -2.18. The maximum Gasteiger partial charge on any atom is 0.247 e. The molecular weight excluding hydrogens is 254 g/mol. The molecule has 0 atom stereocenters. The molecule has 0 saturated carbocycles. The van der Waals surface area contributed by atoms with Gasteiger partial charge in [-0.3, -0.25) is 4.79 Å². The zero-order valence-electron chi connectivity index (χ0n) is 11.4. The van der Waals surface area contributed by atoms with Crippen molar-refractivity contribution in [3.05, 3.63) is 72.6 Å². The maximum absolute atomic E-state index is 12.2. The first-order valence-electron chi connectivity index (χ1n) is 6.42. The standard InChI is InChI=1S/C16H17NO3/c1-2-3-4-9-16(18)17(12-14-7-5-10-19-14)13-15-8-6-11-20-15/h2-11H,12-13H2,1H3/b3-2+,9-4-. The van der Waals surface area contributed by atoms with Crippen LogP contribution in [0.2, 0.25) is 0 Å². The Morgan fingerprint density at radius 3 is 2.15 bits per heavy atom. The van der Waals surface area contributed by atoms with Crippen molar-refractivity contribution in [2.24, 2.45) is 0 Å². The maximum atomic E-state index is 12.2. The Balaban J connectivity index is 2.08. The molecule has 0 spiro atoms. The number of hydrogen-bond donors (Lipinski definition) is 0. The highest BCUT2D eigenvalue weighted by Gasteiger charge is 2.14. The van der Waals surface area contributed by atoms with Gasteiger partial charge in [0.2, 0.25) is 5.91 Å². The molecule has 0 fully saturated rings. The lowest BCUT2D eigenvalue weighted by atomic mass is 10.3. The number of hydrogen-bond acceptors (Lipinski definition) is 3. The molecule has 20 heavy (non-hydrogen) atoms. The largest absolute Gasteiger partial charge is 0.467 e. The van der Waals surface area contributed by atoms with Crippen molar-refractivity contribution >= 4 is 5.91 Å². The van der Waals surface area contributed by atoms with Gasteiger partial charge in [0.05, 0.1) is 25.6 Å². The number of carbonyl (C=O) groups excluding carboxylic acids is 1. The highest BCUT2D eigenvalue weighted by molar-refractivity contribution is 5.87. The average Bonchev–Trinajstić information content (AvgIpc) is 3.11. The predicted molar refractivity (Wildman–Crippen MR) is 75.6 cm³/mol. The SMILES string of the molecule is C/C=C/C=C\C(=O)N(Cc1ccco1)Cc1ccco1. The third kappa shape index (κ3) is 4.02. The van der Waals surface area contributed by atoms with Crippen LogP contribution in [0.25, 0.3) is 0 Å². The van der Waals surface area contributed by atoms with Gasteiger partial charge in [-0.25, -0.2) is 0 Å². The monoisotopic (exact) mass is 271 g/mol. The molecule has 0 radical (unpaired) electrons. The summed E-state index contributed by atoms with van der Waals surface area (Å²) in [6.07, 6.45) is 10.1. The predicted octanol–water partition coefficient (Wildman–Crippen LogP) is 3.53. The minimum atomic E-state index is -0.0871. The average molecular weight is 271 g/mol. The topological polar surface area (TPSA) is 46.6 Å². The summed E-state index contributed by atoms with van der Waals surface area (Å²) >= 11 is 0. The number of furan rings is 2. The molecule has 2 aromatic rings. The Hall–Kier alpha value is -2.49. The van der Waals surface area contributed by atoms with Crippen LogP contribution in [0, 0.1) is 0 Å². The second-order valence-electron chi connectivity index (χ2n) is 4.24. The molecule has 0 aliphatic rings. The number of allylic oxidation sites excluding steroid dienone is 3. The smallest absolute Gasteiger partial charge is 0.247 e. The number of nitrogens with zero attached hydrogens (tertiary/aromatic N) is 1. The number of amides is 1. The third-order valence-corrected chi connectivity index (χ3v) is 2.71. The molecule has 0 aliphatic carbocycles. The van der Waals surface area contributed by atoms with Crippen LogP contribution in [-0.2, 0) is 17.9 Å². The molecule has 4 nitrogen and oxygen atoms in total. The van der Waals surface area contributed by atoms with Crippen molar-refractivity contribution < 1.29 is 13.6 Å². The first-order valence-corrected chi connectivity index (χ1v) is 6.42. The number of carbonyl (C=O) groups is 1. The van der Waals surface area contributed by atoms with Crippen molar-refractivity contribution in [2.75, 3.05) is 0 Å². The molecule has 0 unspecified atom stereocenters. The van der Waals surface area contributed by atoms with E-state index in [9.17, 15) is 4.79 Å². The van der Waals surface area contributed by atoms with Crippen molar-refractivity contribution in [1.29, 1.82) is 0 Å². The Bertz CT molecular complexity index is 529. The van der Waals surface area contributed by atoms with Gasteiger partial charge in [0.1, 0.15) is 11.5 Å². The first kappa shape index (κ1) is 13.9. The van der Waals surface area contributed by atoms with Crippen LogP contribution in [-0.4, -0.2) is 10.8 Å². The number of rotatable bonds is 6. The quantitative estimate of drug-likeness (QED) is 0.596. The van der Waals surface area contributed by atoms with Gasteiger partial charge in [-0.2, -0.15) is 0 Å². The normalized spacial score (nSPS) is 11.4. The van der Waals surface area contributed by atoms with Gasteiger partial charge in [0, 0.05) is 6.08 Å². The molecular formula is C16H17NO3. The molecule has 0 saturated heterocycles. The summed E-state index contributed by atoms with van der Waals surface area (Å²) in [7, 11) is 0. The summed E-state index contributed by atoms with van der Waals surface area (Å²) in [4.78, 5) is 13.9. The van der Waals surface area contributed by atoms with Crippen LogP contribution in [0.4, 0.5) is 0 Å². The molecule has 0 aromatic carbocycles. The van der Waals surface area contributed by atoms with Gasteiger partial charge in [-0.05, 0) is 31.2 Å². The summed E-state index contributed by atoms with van der Waals surface area (Å²) in [6.45, 7) is 2.72. The van der Waals surface area contributed by atoms with E-state index in [0.717, 1.165) is 11.5 Å². The van der Waals surface area contributed by atoms with Crippen molar-refractivity contribution in [3.63, 3.8) is 0 Å². The highest BCUT2D eigenvalue weighted by Crippen LogP contribution is 2.11. The molecule has 2 aromatic heterocycles. The van der Waals surface area contributed by atoms with E-state index in [1.807, 2.05) is 31.2 Å². The van der Waals surface area contributed by atoms with E-state index >= 15 is 0 Å². The van der Waals surface area contributed by atoms with Crippen molar-refractivity contribution in [2.45, 2.75) is 20.0 Å². The van der Waals surface area contributed by atoms with Crippen molar-refractivity contribution in [3.8, 4) is 0 Å². The second-order valence-corrected chi connectivity index (χ2v) is 4.24. The fraction of sp³-hybridized carbons (Fsp3) is 0.188. The van der Waals surface area contributed by atoms with Gasteiger partial charge in [-0.1, -0.05) is 18.2 Å². The highest BCUT2D eigenvalue weighted by atomic mass is 16.3. The van der Waals surface area contributed by atoms with E-state index in [-0.39, 0.29) is 5.91 Å². The minimum Gasteiger partial charge on any atom is -0.467 e. The second kappa shape index (κ2) is 7.19. The van der Waals surface area contributed by atoms with Crippen molar-refractivity contribution in [1.82, 2.24) is 4.90 Å². The fourth-order valence-corrected chi connectivity index (χ4v) is 1.75. The van der Waals surface area contributed by atoms with E-state index in [4.69, 9.17) is 8.83 Å². The fourth-order valence-electron chi connectivity index (χ4n) is 1.75.